The van der Waals surface area contributed by atoms with E-state index in [4.69, 9.17) is 27.3 Å². The summed E-state index contributed by atoms with van der Waals surface area (Å²) >= 11 is 6.20. The van der Waals surface area contributed by atoms with Gasteiger partial charge in [0, 0.05) is 24.4 Å². The van der Waals surface area contributed by atoms with Crippen molar-refractivity contribution in [1.82, 2.24) is 19.6 Å². The number of nitriles is 1. The zero-order valence-electron chi connectivity index (χ0n) is 17.2. The molecule has 0 amide bonds. The van der Waals surface area contributed by atoms with Crippen LogP contribution in [0.4, 0.5) is 5.82 Å². The van der Waals surface area contributed by atoms with Crippen molar-refractivity contribution >= 4 is 17.4 Å². The van der Waals surface area contributed by atoms with E-state index in [1.165, 1.54) is 0 Å². The number of hydrogen-bond donors (Lipinski definition) is 1. The lowest BCUT2D eigenvalue weighted by Crippen LogP contribution is -2.05. The Kier molecular flexibility index (Phi) is 5.65. The third-order valence-electron chi connectivity index (χ3n) is 5.04. The third kappa shape index (κ3) is 4.25. The summed E-state index contributed by atoms with van der Waals surface area (Å²) in [5, 5.41) is 18.5. The third-order valence-corrected chi connectivity index (χ3v) is 5.35. The quantitative estimate of drug-likeness (QED) is 0.489. The number of rotatable bonds is 6. The Morgan fingerprint density at radius 2 is 1.90 bits per heavy atom. The number of anilines is 1. The van der Waals surface area contributed by atoms with Gasteiger partial charge in [0.15, 0.2) is 5.82 Å². The summed E-state index contributed by atoms with van der Waals surface area (Å²) in [6, 6.07) is 19.2. The Morgan fingerprint density at radius 1 is 1.13 bits per heavy atom. The fraction of sp³-hybridized carbons (Fsp3) is 0.174. The second kappa shape index (κ2) is 8.54. The Bertz CT molecular complexity index is 1270. The van der Waals surface area contributed by atoms with Crippen LogP contribution in [0, 0.1) is 18.3 Å². The molecule has 2 heterocycles. The van der Waals surface area contributed by atoms with E-state index >= 15 is 0 Å². The zero-order valence-corrected chi connectivity index (χ0v) is 18.0. The van der Waals surface area contributed by atoms with Gasteiger partial charge in [-0.05, 0) is 30.2 Å². The number of benzene rings is 2. The molecular formula is C23H21ClN6O. The molecule has 0 spiro atoms. The molecule has 0 bridgehead atoms. The summed E-state index contributed by atoms with van der Waals surface area (Å²) in [7, 11) is 1.85. The summed E-state index contributed by atoms with van der Waals surface area (Å²) in [4.78, 5) is 0. The van der Waals surface area contributed by atoms with Crippen LogP contribution in [0.3, 0.4) is 0 Å². The molecule has 2 N–H and O–H groups in total. The first-order valence-electron chi connectivity index (χ1n) is 9.69. The van der Waals surface area contributed by atoms with Crippen LogP contribution in [0.15, 0.2) is 54.6 Å². The van der Waals surface area contributed by atoms with Crippen molar-refractivity contribution in [2.75, 3.05) is 5.73 Å². The van der Waals surface area contributed by atoms with Crippen molar-refractivity contribution in [3.63, 3.8) is 0 Å². The highest BCUT2D eigenvalue weighted by atomic mass is 35.5. The van der Waals surface area contributed by atoms with Gasteiger partial charge in [-0.15, -0.1) is 0 Å². The van der Waals surface area contributed by atoms with E-state index in [9.17, 15) is 0 Å². The van der Waals surface area contributed by atoms with Crippen LogP contribution in [0.25, 0.3) is 11.1 Å². The summed E-state index contributed by atoms with van der Waals surface area (Å²) in [6.45, 7) is 2.86. The lowest BCUT2D eigenvalue weighted by Gasteiger charge is -2.05. The molecule has 8 heteroatoms. The van der Waals surface area contributed by atoms with Crippen molar-refractivity contribution in [3.8, 4) is 23.1 Å². The topological polar surface area (TPSA) is 94.7 Å². The Hall–Kier alpha value is -3.76. The lowest BCUT2D eigenvalue weighted by molar-refractivity contribution is 0.279. The molecule has 0 aliphatic heterocycles. The first-order chi connectivity index (χ1) is 15.0. The average molecular weight is 433 g/mol. The standard InChI is InChI=1S/C23H21ClN6O/c1-15-22(17-8-9-18(12-25)20(24)10-17)23(26)28-30(15)13-19-11-21(29(2)27-19)31-14-16-6-4-3-5-7-16/h3-11H,13-14H2,1-2H3,(H2,26,28). The molecule has 0 saturated heterocycles. The van der Waals surface area contributed by atoms with Crippen molar-refractivity contribution in [2.24, 2.45) is 7.05 Å². The molecule has 0 fully saturated rings. The van der Waals surface area contributed by atoms with Gasteiger partial charge in [0.05, 0.1) is 22.8 Å². The Morgan fingerprint density at radius 3 is 2.61 bits per heavy atom. The summed E-state index contributed by atoms with van der Waals surface area (Å²) in [6.07, 6.45) is 0. The van der Waals surface area contributed by atoms with E-state index in [1.807, 2.05) is 56.4 Å². The van der Waals surface area contributed by atoms with E-state index < -0.39 is 0 Å². The largest absolute Gasteiger partial charge is 0.473 e. The van der Waals surface area contributed by atoms with Crippen molar-refractivity contribution in [2.45, 2.75) is 20.1 Å². The predicted octanol–water partition coefficient (Wildman–Crippen LogP) is 4.33. The van der Waals surface area contributed by atoms with E-state index in [2.05, 4.69) is 16.3 Å². The lowest BCUT2D eigenvalue weighted by atomic mass is 10.0. The monoisotopic (exact) mass is 432 g/mol. The molecule has 0 unspecified atom stereocenters. The molecule has 0 radical (unpaired) electrons. The van der Waals surface area contributed by atoms with Gasteiger partial charge in [0.2, 0.25) is 5.88 Å². The van der Waals surface area contributed by atoms with Crippen LogP contribution in [0.2, 0.25) is 5.02 Å². The molecule has 0 saturated carbocycles. The van der Waals surface area contributed by atoms with Crippen LogP contribution in [-0.2, 0) is 20.2 Å². The molecule has 0 aliphatic rings. The van der Waals surface area contributed by atoms with Crippen molar-refractivity contribution in [1.29, 1.82) is 5.26 Å². The highest BCUT2D eigenvalue weighted by Gasteiger charge is 2.17. The van der Waals surface area contributed by atoms with E-state index in [0.29, 0.717) is 35.4 Å². The smallest absolute Gasteiger partial charge is 0.212 e. The van der Waals surface area contributed by atoms with Gasteiger partial charge in [-0.3, -0.25) is 4.68 Å². The van der Waals surface area contributed by atoms with Crippen molar-refractivity contribution < 1.29 is 4.74 Å². The summed E-state index contributed by atoms with van der Waals surface area (Å²) < 4.78 is 9.43. The SMILES string of the molecule is Cc1c(-c2ccc(C#N)c(Cl)c2)c(N)nn1Cc1cc(OCc2ccccc2)n(C)n1. The van der Waals surface area contributed by atoms with Crippen LogP contribution in [0.5, 0.6) is 5.88 Å². The number of nitrogens with two attached hydrogens (primary N) is 1. The van der Waals surface area contributed by atoms with Crippen molar-refractivity contribution in [3.05, 3.63) is 82.1 Å². The van der Waals surface area contributed by atoms with Gasteiger partial charge in [-0.1, -0.05) is 48.0 Å². The van der Waals surface area contributed by atoms with Gasteiger partial charge in [-0.25, -0.2) is 4.68 Å². The number of aryl methyl sites for hydroxylation is 1. The Labute approximate surface area is 185 Å². The fourth-order valence-corrected chi connectivity index (χ4v) is 3.67. The number of nitrogens with zero attached hydrogens (tertiary/aromatic N) is 5. The van der Waals surface area contributed by atoms with Crippen LogP contribution < -0.4 is 10.5 Å². The molecular weight excluding hydrogens is 412 g/mol. The van der Waals surface area contributed by atoms with Crippen LogP contribution >= 0.6 is 11.6 Å². The van der Waals surface area contributed by atoms with Gasteiger partial charge < -0.3 is 10.5 Å². The first kappa shape index (κ1) is 20.5. The highest BCUT2D eigenvalue weighted by molar-refractivity contribution is 6.32. The maximum atomic E-state index is 9.09. The molecule has 4 aromatic rings. The molecule has 4 rings (SSSR count). The highest BCUT2D eigenvalue weighted by Crippen LogP contribution is 2.32. The fourth-order valence-electron chi connectivity index (χ4n) is 3.45. The number of hydrogen-bond acceptors (Lipinski definition) is 5. The normalized spacial score (nSPS) is 10.8. The number of nitrogen functional groups attached to an aromatic ring is 1. The number of halogens is 1. The predicted molar refractivity (Wildman–Crippen MR) is 120 cm³/mol. The van der Waals surface area contributed by atoms with Crippen LogP contribution in [0.1, 0.15) is 22.5 Å². The van der Waals surface area contributed by atoms with E-state index in [1.54, 1.807) is 21.5 Å². The van der Waals surface area contributed by atoms with Gasteiger partial charge >= 0.3 is 0 Å². The average Bonchev–Trinajstić information content (AvgIpc) is 3.25. The van der Waals surface area contributed by atoms with Crippen LogP contribution in [-0.4, -0.2) is 19.6 Å². The van der Waals surface area contributed by atoms with Gasteiger partial charge in [0.25, 0.3) is 0 Å². The van der Waals surface area contributed by atoms with E-state index in [0.717, 1.165) is 28.1 Å². The zero-order chi connectivity index (χ0) is 22.0. The minimum absolute atomic E-state index is 0.386. The molecule has 0 atom stereocenters. The molecule has 156 valence electrons. The summed E-state index contributed by atoms with van der Waals surface area (Å²) in [5.41, 5.74) is 11.0. The minimum Gasteiger partial charge on any atom is -0.473 e. The number of ether oxygens (including phenoxy) is 1. The Balaban J connectivity index is 1.55. The summed E-state index contributed by atoms with van der Waals surface area (Å²) in [5.74, 6) is 1.07. The maximum absolute atomic E-state index is 9.09. The molecule has 2 aromatic carbocycles. The van der Waals surface area contributed by atoms with Gasteiger partial charge in [-0.2, -0.15) is 15.5 Å². The second-order valence-corrected chi connectivity index (χ2v) is 7.59. The molecule has 31 heavy (non-hydrogen) atoms. The minimum atomic E-state index is 0.386. The first-order valence-corrected chi connectivity index (χ1v) is 10.1. The van der Waals surface area contributed by atoms with Gasteiger partial charge in [0.1, 0.15) is 12.7 Å². The second-order valence-electron chi connectivity index (χ2n) is 7.18. The maximum Gasteiger partial charge on any atom is 0.212 e. The number of aromatic nitrogens is 4. The van der Waals surface area contributed by atoms with E-state index in [-0.39, 0.29) is 0 Å². The molecule has 2 aromatic heterocycles. The molecule has 0 aliphatic carbocycles. The molecule has 7 nitrogen and oxygen atoms in total.